The van der Waals surface area contributed by atoms with E-state index in [1.165, 1.54) is 0 Å². The highest BCUT2D eigenvalue weighted by Crippen LogP contribution is 2.26. The van der Waals surface area contributed by atoms with Gasteiger partial charge in [0.25, 0.3) is 5.89 Å². The summed E-state index contributed by atoms with van der Waals surface area (Å²) in [5.41, 5.74) is 0.949. The van der Waals surface area contributed by atoms with Crippen LogP contribution >= 0.6 is 0 Å². The van der Waals surface area contributed by atoms with Gasteiger partial charge in [-0.15, -0.1) is 10.2 Å². The monoisotopic (exact) mass is 374 g/mol. The first-order chi connectivity index (χ1) is 13.7. The summed E-state index contributed by atoms with van der Waals surface area (Å²) in [6.07, 6.45) is 3.44. The van der Waals surface area contributed by atoms with Crippen LogP contribution in [-0.4, -0.2) is 20.7 Å². The second-order valence-corrected chi connectivity index (χ2v) is 5.86. The summed E-state index contributed by atoms with van der Waals surface area (Å²) in [6, 6.07) is 14.8. The highest BCUT2D eigenvalue weighted by molar-refractivity contribution is 5.94. The summed E-state index contributed by atoms with van der Waals surface area (Å²) in [7, 11) is 0. The van der Waals surface area contributed by atoms with E-state index in [1.807, 2.05) is 36.4 Å². The van der Waals surface area contributed by atoms with Crippen molar-refractivity contribution in [1.82, 2.24) is 14.8 Å². The van der Waals surface area contributed by atoms with E-state index < -0.39 is 5.97 Å². The average Bonchev–Trinajstić information content (AvgIpc) is 3.46. The largest absolute Gasteiger partial charge is 0.452 e. The molecule has 0 N–H and O–H groups in total. The SMILES string of the molecule is Cc1oc(-n2cccc2)c(C#N)c1C(=O)OCc1nnc(-c2ccccc2)o1. The maximum Gasteiger partial charge on any atom is 0.343 e. The lowest BCUT2D eigenvalue weighted by Crippen LogP contribution is -2.08. The van der Waals surface area contributed by atoms with Gasteiger partial charge in [-0.05, 0) is 31.2 Å². The smallest absolute Gasteiger partial charge is 0.343 e. The van der Waals surface area contributed by atoms with Crippen LogP contribution in [0.25, 0.3) is 17.3 Å². The highest BCUT2D eigenvalue weighted by Gasteiger charge is 2.26. The fourth-order valence-electron chi connectivity index (χ4n) is 2.74. The van der Waals surface area contributed by atoms with Crippen LogP contribution in [0.3, 0.4) is 0 Å². The zero-order chi connectivity index (χ0) is 19.5. The van der Waals surface area contributed by atoms with Gasteiger partial charge < -0.3 is 13.6 Å². The standard InChI is InChI=1S/C20H14N4O4/c1-13-17(15(11-21)19(27-13)24-9-5-6-10-24)20(25)26-12-16-22-23-18(28-16)14-7-3-2-4-8-14/h2-10H,12H2,1H3. The molecular formula is C20H14N4O4. The van der Waals surface area contributed by atoms with Crippen molar-refractivity contribution in [2.24, 2.45) is 0 Å². The van der Waals surface area contributed by atoms with Gasteiger partial charge in [-0.3, -0.25) is 4.57 Å². The molecule has 0 aliphatic rings. The normalized spacial score (nSPS) is 10.6. The Labute approximate surface area is 159 Å². The quantitative estimate of drug-likeness (QED) is 0.491. The number of ether oxygens (including phenoxy) is 1. The molecule has 0 saturated heterocycles. The molecule has 0 aliphatic carbocycles. The maximum absolute atomic E-state index is 12.5. The molecule has 8 nitrogen and oxygen atoms in total. The number of furan rings is 1. The predicted octanol–water partition coefficient (Wildman–Crippen LogP) is 3.66. The Morgan fingerprint density at radius 2 is 1.89 bits per heavy atom. The molecule has 0 unspecified atom stereocenters. The van der Waals surface area contributed by atoms with Crippen LogP contribution in [0.4, 0.5) is 0 Å². The molecule has 3 aromatic heterocycles. The first-order valence-corrected chi connectivity index (χ1v) is 8.39. The molecule has 0 amide bonds. The molecule has 28 heavy (non-hydrogen) atoms. The van der Waals surface area contributed by atoms with Crippen LogP contribution in [0.1, 0.15) is 27.6 Å². The molecule has 0 radical (unpaired) electrons. The van der Waals surface area contributed by atoms with E-state index in [9.17, 15) is 10.1 Å². The zero-order valence-corrected chi connectivity index (χ0v) is 14.8. The van der Waals surface area contributed by atoms with E-state index >= 15 is 0 Å². The predicted molar refractivity (Wildman–Crippen MR) is 96.3 cm³/mol. The number of hydrogen-bond donors (Lipinski definition) is 0. The highest BCUT2D eigenvalue weighted by atomic mass is 16.5. The summed E-state index contributed by atoms with van der Waals surface area (Å²) in [5, 5.41) is 17.3. The summed E-state index contributed by atoms with van der Waals surface area (Å²) < 4.78 is 18.0. The molecule has 0 atom stereocenters. The molecule has 138 valence electrons. The third kappa shape index (κ3) is 3.17. The Bertz CT molecular complexity index is 1150. The number of nitriles is 1. The lowest BCUT2D eigenvalue weighted by molar-refractivity contribution is 0.0436. The number of benzene rings is 1. The van der Waals surface area contributed by atoms with Crippen LogP contribution in [0, 0.1) is 18.3 Å². The summed E-state index contributed by atoms with van der Waals surface area (Å²) >= 11 is 0. The molecule has 4 rings (SSSR count). The van der Waals surface area contributed by atoms with Gasteiger partial charge in [0.15, 0.2) is 6.61 Å². The zero-order valence-electron chi connectivity index (χ0n) is 14.8. The van der Waals surface area contributed by atoms with Crippen molar-refractivity contribution in [3.63, 3.8) is 0 Å². The number of aromatic nitrogens is 3. The molecule has 0 aliphatic heterocycles. The Morgan fingerprint density at radius 3 is 2.61 bits per heavy atom. The van der Waals surface area contributed by atoms with Crippen LogP contribution in [-0.2, 0) is 11.3 Å². The van der Waals surface area contributed by atoms with Gasteiger partial charge in [0, 0.05) is 18.0 Å². The summed E-state index contributed by atoms with van der Waals surface area (Å²) in [6.45, 7) is 1.39. The minimum absolute atomic E-state index is 0.0778. The Balaban J connectivity index is 1.52. The third-order valence-corrected chi connectivity index (χ3v) is 4.03. The van der Waals surface area contributed by atoms with Crippen LogP contribution < -0.4 is 0 Å². The van der Waals surface area contributed by atoms with Crippen molar-refractivity contribution in [2.45, 2.75) is 13.5 Å². The lowest BCUT2D eigenvalue weighted by Gasteiger charge is -2.01. The molecule has 1 aromatic carbocycles. The van der Waals surface area contributed by atoms with E-state index in [0.717, 1.165) is 5.56 Å². The second kappa shape index (κ2) is 7.25. The van der Waals surface area contributed by atoms with Crippen molar-refractivity contribution < 1.29 is 18.4 Å². The van der Waals surface area contributed by atoms with Gasteiger partial charge in [-0.2, -0.15) is 5.26 Å². The molecule has 3 heterocycles. The molecule has 8 heteroatoms. The van der Waals surface area contributed by atoms with E-state index in [1.54, 1.807) is 36.0 Å². The minimum atomic E-state index is -0.698. The average molecular weight is 374 g/mol. The number of carbonyl (C=O) groups is 1. The summed E-state index contributed by atoms with van der Waals surface area (Å²) in [4.78, 5) is 12.5. The van der Waals surface area contributed by atoms with E-state index in [-0.39, 0.29) is 29.5 Å². The molecule has 0 fully saturated rings. The van der Waals surface area contributed by atoms with Gasteiger partial charge in [0.2, 0.25) is 11.8 Å². The first kappa shape index (κ1) is 17.3. The van der Waals surface area contributed by atoms with E-state index in [0.29, 0.717) is 11.7 Å². The number of carbonyl (C=O) groups excluding carboxylic acids is 1. The molecule has 0 spiro atoms. The number of nitrogens with zero attached hydrogens (tertiary/aromatic N) is 4. The molecular weight excluding hydrogens is 360 g/mol. The minimum Gasteiger partial charge on any atom is -0.452 e. The number of aryl methyl sites for hydroxylation is 1. The second-order valence-electron chi connectivity index (χ2n) is 5.86. The topological polar surface area (TPSA) is 107 Å². The van der Waals surface area contributed by atoms with Crippen molar-refractivity contribution in [1.29, 1.82) is 5.26 Å². The Hall–Kier alpha value is -4.12. The fourth-order valence-corrected chi connectivity index (χ4v) is 2.74. The van der Waals surface area contributed by atoms with Gasteiger partial charge in [0.05, 0.1) is 0 Å². The van der Waals surface area contributed by atoms with Crippen LogP contribution in [0.5, 0.6) is 0 Å². The Kier molecular flexibility index (Phi) is 4.48. The van der Waals surface area contributed by atoms with Gasteiger partial charge in [0.1, 0.15) is 23.0 Å². The summed E-state index contributed by atoms with van der Waals surface area (Å²) in [5.74, 6) is 0.341. The Morgan fingerprint density at radius 1 is 1.14 bits per heavy atom. The van der Waals surface area contributed by atoms with Crippen molar-refractivity contribution in [3.8, 4) is 23.4 Å². The van der Waals surface area contributed by atoms with Crippen molar-refractivity contribution in [2.75, 3.05) is 0 Å². The number of rotatable bonds is 5. The van der Waals surface area contributed by atoms with Crippen LogP contribution in [0.15, 0.2) is 63.7 Å². The molecule has 0 bridgehead atoms. The van der Waals surface area contributed by atoms with Crippen molar-refractivity contribution in [3.05, 3.63) is 77.6 Å². The van der Waals surface area contributed by atoms with Crippen molar-refractivity contribution >= 4 is 5.97 Å². The number of esters is 1. The first-order valence-electron chi connectivity index (χ1n) is 8.39. The van der Waals surface area contributed by atoms with E-state index in [2.05, 4.69) is 10.2 Å². The molecule has 4 aromatic rings. The maximum atomic E-state index is 12.5. The van der Waals surface area contributed by atoms with Gasteiger partial charge >= 0.3 is 5.97 Å². The van der Waals surface area contributed by atoms with Crippen LogP contribution in [0.2, 0.25) is 0 Å². The van der Waals surface area contributed by atoms with E-state index in [4.69, 9.17) is 13.6 Å². The molecule has 0 saturated carbocycles. The van der Waals surface area contributed by atoms with Gasteiger partial charge in [-0.25, -0.2) is 4.79 Å². The van der Waals surface area contributed by atoms with Gasteiger partial charge in [-0.1, -0.05) is 18.2 Å². The fraction of sp³-hybridized carbons (Fsp3) is 0.100. The third-order valence-electron chi connectivity index (χ3n) is 4.03. The lowest BCUT2D eigenvalue weighted by atomic mass is 10.1. The number of hydrogen-bond acceptors (Lipinski definition) is 7.